The van der Waals surface area contributed by atoms with Crippen molar-refractivity contribution in [1.82, 2.24) is 5.32 Å². The highest BCUT2D eigenvalue weighted by Gasteiger charge is 2.36. The minimum Gasteiger partial charge on any atom is -0.315 e. The minimum absolute atomic E-state index is 0.193. The van der Waals surface area contributed by atoms with E-state index < -0.39 is 21.3 Å². The highest BCUT2D eigenvalue weighted by atomic mass is 32.2. The first kappa shape index (κ1) is 11.5. The first-order chi connectivity index (χ1) is 7.62. The Morgan fingerprint density at radius 2 is 1.94 bits per heavy atom. The predicted octanol–water partition coefficient (Wildman–Crippen LogP) is 1.16. The Hall–Kier alpha value is -0.940. The summed E-state index contributed by atoms with van der Waals surface area (Å²) in [5.41, 5.74) is 0. The van der Waals surface area contributed by atoms with E-state index in [-0.39, 0.29) is 17.9 Å². The molecule has 0 amide bonds. The normalized spacial score (nSPS) is 26.6. The Labute approximate surface area is 94.6 Å². The van der Waals surface area contributed by atoms with Crippen molar-refractivity contribution in [2.24, 2.45) is 0 Å². The second-order valence-electron chi connectivity index (χ2n) is 3.91. The van der Waals surface area contributed by atoms with Crippen LogP contribution < -0.4 is 5.32 Å². The van der Waals surface area contributed by atoms with E-state index in [1.807, 2.05) is 0 Å². The van der Waals surface area contributed by atoms with Crippen LogP contribution in [0.2, 0.25) is 0 Å². The fourth-order valence-corrected chi connectivity index (χ4v) is 3.64. The molecule has 0 unspecified atom stereocenters. The number of hydrogen-bond acceptors (Lipinski definition) is 3. The van der Waals surface area contributed by atoms with Crippen molar-refractivity contribution in [1.29, 1.82) is 0 Å². The molecule has 1 saturated heterocycles. The van der Waals surface area contributed by atoms with E-state index in [1.165, 1.54) is 12.1 Å². The van der Waals surface area contributed by atoms with Crippen LogP contribution in [0.25, 0.3) is 0 Å². The molecule has 16 heavy (non-hydrogen) atoms. The molecule has 1 aromatic rings. The van der Waals surface area contributed by atoms with Gasteiger partial charge in [-0.15, -0.1) is 0 Å². The van der Waals surface area contributed by atoms with Crippen molar-refractivity contribution in [3.63, 3.8) is 0 Å². The van der Waals surface area contributed by atoms with Gasteiger partial charge in [-0.25, -0.2) is 12.8 Å². The standard InChI is InChI=1S/C11H14FNO2S/c12-10-6-7-13-8-11(10)16(14,15)9-4-2-1-3-5-9/h1-5,10-11,13H,6-8H2/t10-,11+/m1/s1. The van der Waals surface area contributed by atoms with Gasteiger partial charge >= 0.3 is 0 Å². The average molecular weight is 243 g/mol. The summed E-state index contributed by atoms with van der Waals surface area (Å²) < 4.78 is 37.8. The molecule has 0 aromatic heterocycles. The van der Waals surface area contributed by atoms with Crippen molar-refractivity contribution in [2.45, 2.75) is 22.7 Å². The highest BCUT2D eigenvalue weighted by molar-refractivity contribution is 7.92. The molecule has 88 valence electrons. The molecule has 0 aliphatic carbocycles. The molecule has 1 aliphatic rings. The molecule has 2 rings (SSSR count). The summed E-state index contributed by atoms with van der Waals surface area (Å²) in [5.74, 6) is 0. The summed E-state index contributed by atoms with van der Waals surface area (Å²) in [6, 6.07) is 8.06. The number of nitrogens with one attached hydrogen (secondary N) is 1. The van der Waals surface area contributed by atoms with Gasteiger partial charge in [0.1, 0.15) is 11.4 Å². The molecular formula is C11H14FNO2S. The maximum Gasteiger partial charge on any atom is 0.185 e. The number of rotatable bonds is 2. The zero-order valence-corrected chi connectivity index (χ0v) is 9.58. The lowest BCUT2D eigenvalue weighted by atomic mass is 10.1. The molecule has 1 aliphatic heterocycles. The SMILES string of the molecule is O=S(=O)(c1ccccc1)[C@H]1CNCC[C@H]1F. The monoisotopic (exact) mass is 243 g/mol. The van der Waals surface area contributed by atoms with Crippen LogP contribution in [0, 0.1) is 0 Å². The van der Waals surface area contributed by atoms with Crippen LogP contribution in [0.4, 0.5) is 4.39 Å². The van der Waals surface area contributed by atoms with Gasteiger partial charge in [0.2, 0.25) is 0 Å². The summed E-state index contributed by atoms with van der Waals surface area (Å²) in [6.07, 6.45) is -1.01. The van der Waals surface area contributed by atoms with Crippen LogP contribution in [-0.2, 0) is 9.84 Å². The van der Waals surface area contributed by atoms with E-state index >= 15 is 0 Å². The van der Waals surface area contributed by atoms with E-state index in [4.69, 9.17) is 0 Å². The molecule has 1 fully saturated rings. The van der Waals surface area contributed by atoms with Gasteiger partial charge in [0.05, 0.1) is 4.90 Å². The number of alkyl halides is 1. The third kappa shape index (κ3) is 2.10. The lowest BCUT2D eigenvalue weighted by Gasteiger charge is -2.26. The number of sulfone groups is 1. The third-order valence-electron chi connectivity index (χ3n) is 2.82. The van der Waals surface area contributed by atoms with Crippen molar-refractivity contribution < 1.29 is 12.8 Å². The largest absolute Gasteiger partial charge is 0.315 e. The van der Waals surface area contributed by atoms with E-state index in [0.29, 0.717) is 6.54 Å². The predicted molar refractivity (Wildman–Crippen MR) is 59.8 cm³/mol. The Bertz CT molecular complexity index is 446. The number of benzene rings is 1. The van der Waals surface area contributed by atoms with Crippen molar-refractivity contribution in [3.05, 3.63) is 30.3 Å². The van der Waals surface area contributed by atoms with Gasteiger partial charge in [-0.3, -0.25) is 0 Å². The Morgan fingerprint density at radius 3 is 2.56 bits per heavy atom. The molecule has 1 heterocycles. The second-order valence-corrected chi connectivity index (χ2v) is 6.07. The molecule has 2 atom stereocenters. The molecule has 0 radical (unpaired) electrons. The second kappa shape index (κ2) is 4.51. The maximum absolute atomic E-state index is 13.6. The smallest absolute Gasteiger partial charge is 0.185 e. The van der Waals surface area contributed by atoms with Gasteiger partial charge in [-0.05, 0) is 25.1 Å². The zero-order chi connectivity index (χ0) is 11.6. The van der Waals surface area contributed by atoms with E-state index in [2.05, 4.69) is 5.32 Å². The van der Waals surface area contributed by atoms with Crippen LogP contribution in [0.5, 0.6) is 0 Å². The molecule has 0 bridgehead atoms. The molecule has 1 aromatic carbocycles. The minimum atomic E-state index is -3.55. The first-order valence-electron chi connectivity index (χ1n) is 5.26. The van der Waals surface area contributed by atoms with Gasteiger partial charge in [-0.2, -0.15) is 0 Å². The summed E-state index contributed by atoms with van der Waals surface area (Å²) in [5, 5.41) is 1.97. The molecule has 1 N–H and O–H groups in total. The van der Waals surface area contributed by atoms with Gasteiger partial charge in [0, 0.05) is 6.54 Å². The van der Waals surface area contributed by atoms with Crippen LogP contribution >= 0.6 is 0 Å². The van der Waals surface area contributed by atoms with Crippen molar-refractivity contribution in [3.8, 4) is 0 Å². The topological polar surface area (TPSA) is 46.2 Å². The van der Waals surface area contributed by atoms with Crippen LogP contribution in [0.1, 0.15) is 6.42 Å². The van der Waals surface area contributed by atoms with Gasteiger partial charge < -0.3 is 5.32 Å². The fraction of sp³-hybridized carbons (Fsp3) is 0.455. The Balaban J connectivity index is 2.32. The summed E-state index contributed by atoms with van der Waals surface area (Å²) in [7, 11) is -3.55. The van der Waals surface area contributed by atoms with E-state index in [9.17, 15) is 12.8 Å². The molecule has 0 spiro atoms. The lowest BCUT2D eigenvalue weighted by molar-refractivity contribution is 0.263. The van der Waals surface area contributed by atoms with Gasteiger partial charge in [0.25, 0.3) is 0 Å². The van der Waals surface area contributed by atoms with E-state index in [1.54, 1.807) is 18.2 Å². The Morgan fingerprint density at radius 1 is 1.25 bits per heavy atom. The number of piperidine rings is 1. The molecule has 3 nitrogen and oxygen atoms in total. The first-order valence-corrected chi connectivity index (χ1v) is 6.81. The molecule has 5 heteroatoms. The summed E-state index contributed by atoms with van der Waals surface area (Å²) in [4.78, 5) is 0.200. The molecular weight excluding hydrogens is 229 g/mol. The lowest BCUT2D eigenvalue weighted by Crippen LogP contribution is -2.46. The zero-order valence-electron chi connectivity index (χ0n) is 8.77. The third-order valence-corrected chi connectivity index (χ3v) is 5.00. The van der Waals surface area contributed by atoms with Crippen LogP contribution in [-0.4, -0.2) is 32.9 Å². The maximum atomic E-state index is 13.6. The van der Waals surface area contributed by atoms with Crippen molar-refractivity contribution >= 4 is 9.84 Å². The van der Waals surface area contributed by atoms with Gasteiger partial charge in [0.15, 0.2) is 9.84 Å². The average Bonchev–Trinajstić information content (AvgIpc) is 2.30. The van der Waals surface area contributed by atoms with E-state index in [0.717, 1.165) is 0 Å². The number of hydrogen-bond donors (Lipinski definition) is 1. The quantitative estimate of drug-likeness (QED) is 0.848. The summed E-state index contributed by atoms with van der Waals surface area (Å²) in [6.45, 7) is 0.736. The van der Waals surface area contributed by atoms with Gasteiger partial charge in [-0.1, -0.05) is 18.2 Å². The number of halogens is 1. The Kier molecular flexibility index (Phi) is 3.25. The highest BCUT2D eigenvalue weighted by Crippen LogP contribution is 2.22. The summed E-state index contributed by atoms with van der Waals surface area (Å²) >= 11 is 0. The van der Waals surface area contributed by atoms with Crippen molar-refractivity contribution in [2.75, 3.05) is 13.1 Å². The van der Waals surface area contributed by atoms with Crippen LogP contribution in [0.15, 0.2) is 35.2 Å². The fourth-order valence-electron chi connectivity index (χ4n) is 1.89. The molecule has 0 saturated carbocycles. The van der Waals surface area contributed by atoms with Crippen LogP contribution in [0.3, 0.4) is 0 Å².